The van der Waals surface area contributed by atoms with Crippen LogP contribution in [0.4, 0.5) is 4.39 Å². The van der Waals surface area contributed by atoms with E-state index >= 15 is 0 Å². The number of nitrogens with one attached hydrogen (secondary N) is 2. The maximum Gasteiger partial charge on any atom is 0.251 e. The number of halogens is 1. The number of amides is 1. The molecule has 3 rings (SSSR count). The van der Waals surface area contributed by atoms with Crippen LogP contribution < -0.4 is 10.6 Å². The van der Waals surface area contributed by atoms with E-state index in [0.717, 1.165) is 24.1 Å². The highest BCUT2D eigenvalue weighted by molar-refractivity contribution is 7.80. The third-order valence-electron chi connectivity index (χ3n) is 4.27. The van der Waals surface area contributed by atoms with E-state index in [0.29, 0.717) is 17.2 Å². The summed E-state index contributed by atoms with van der Waals surface area (Å²) in [7, 11) is 0. The summed E-state index contributed by atoms with van der Waals surface area (Å²) in [6, 6.07) is 6.00. The van der Waals surface area contributed by atoms with E-state index < -0.39 is 6.04 Å². The summed E-state index contributed by atoms with van der Waals surface area (Å²) >= 11 is 5.44. The minimum absolute atomic E-state index is 0.103. The molecule has 0 bridgehead atoms. The largest absolute Gasteiger partial charge is 0.351 e. The van der Waals surface area contributed by atoms with Gasteiger partial charge in [-0.1, -0.05) is 18.2 Å². The molecule has 1 aromatic carbocycles. The number of nitrogens with zero attached hydrogens (tertiary/aromatic N) is 1. The van der Waals surface area contributed by atoms with Crippen molar-refractivity contribution in [3.63, 3.8) is 0 Å². The van der Waals surface area contributed by atoms with Crippen LogP contribution in [0.15, 0.2) is 48.2 Å². The maximum atomic E-state index is 13.2. The van der Waals surface area contributed by atoms with E-state index in [2.05, 4.69) is 17.2 Å². The van der Waals surface area contributed by atoms with Crippen molar-refractivity contribution in [3.8, 4) is 0 Å². The minimum atomic E-state index is -0.391. The summed E-state index contributed by atoms with van der Waals surface area (Å²) in [6.07, 6.45) is 3.77. The van der Waals surface area contributed by atoms with E-state index in [1.807, 2.05) is 11.8 Å². The fraction of sp³-hybridized carbons (Fsp3) is 0.333. The number of allylic oxidation sites excluding steroid dienone is 1. The first-order chi connectivity index (χ1) is 11.5. The van der Waals surface area contributed by atoms with Crippen LogP contribution in [-0.2, 0) is 4.79 Å². The first kappa shape index (κ1) is 16.6. The number of hydrogen-bond donors (Lipinski definition) is 2. The van der Waals surface area contributed by atoms with Gasteiger partial charge in [0.15, 0.2) is 5.11 Å². The number of rotatable bonds is 5. The summed E-state index contributed by atoms with van der Waals surface area (Å²) in [5.41, 5.74) is 2.22. The van der Waals surface area contributed by atoms with Gasteiger partial charge in [-0.25, -0.2) is 4.39 Å². The Kier molecular flexibility index (Phi) is 4.66. The van der Waals surface area contributed by atoms with Gasteiger partial charge in [-0.05, 0) is 49.7 Å². The van der Waals surface area contributed by atoms with Crippen molar-refractivity contribution >= 4 is 23.2 Å². The van der Waals surface area contributed by atoms with E-state index in [1.165, 1.54) is 12.1 Å². The van der Waals surface area contributed by atoms with Gasteiger partial charge in [0.1, 0.15) is 5.82 Å². The Bertz CT molecular complexity index is 709. The number of thiocarbonyl (C=S) groups is 1. The molecule has 1 aliphatic heterocycles. The van der Waals surface area contributed by atoms with Crippen LogP contribution in [-0.4, -0.2) is 28.5 Å². The SMILES string of the molecule is C=CCN1C(=S)N[C@@H](c2ccc(F)cc2)C(C(=O)NC2CC2)=C1C. The fourth-order valence-electron chi connectivity index (χ4n) is 2.82. The second-order valence-corrected chi connectivity index (χ2v) is 6.47. The van der Waals surface area contributed by atoms with Gasteiger partial charge in [0.25, 0.3) is 5.91 Å². The van der Waals surface area contributed by atoms with E-state index in [4.69, 9.17) is 12.2 Å². The Morgan fingerprint density at radius 3 is 2.71 bits per heavy atom. The van der Waals surface area contributed by atoms with E-state index in [-0.39, 0.29) is 17.8 Å². The van der Waals surface area contributed by atoms with Crippen LogP contribution in [0.1, 0.15) is 31.4 Å². The van der Waals surface area contributed by atoms with Gasteiger partial charge in [-0.3, -0.25) is 4.79 Å². The zero-order valence-corrected chi connectivity index (χ0v) is 14.3. The second kappa shape index (κ2) is 6.73. The number of hydrogen-bond acceptors (Lipinski definition) is 2. The van der Waals surface area contributed by atoms with Gasteiger partial charge in [0.05, 0.1) is 11.6 Å². The first-order valence-corrected chi connectivity index (χ1v) is 8.38. The molecule has 0 radical (unpaired) electrons. The normalized spacial score (nSPS) is 20.7. The van der Waals surface area contributed by atoms with Crippen molar-refractivity contribution in [2.24, 2.45) is 0 Å². The molecule has 4 nitrogen and oxygen atoms in total. The van der Waals surface area contributed by atoms with E-state index in [9.17, 15) is 9.18 Å². The highest BCUT2D eigenvalue weighted by Crippen LogP contribution is 2.31. The molecule has 1 saturated carbocycles. The predicted molar refractivity (Wildman–Crippen MR) is 95.6 cm³/mol. The number of carbonyl (C=O) groups is 1. The highest BCUT2D eigenvalue weighted by Gasteiger charge is 2.35. The van der Waals surface area contributed by atoms with Gasteiger partial charge in [0.2, 0.25) is 0 Å². The summed E-state index contributed by atoms with van der Waals surface area (Å²) in [4.78, 5) is 14.6. The molecule has 0 unspecified atom stereocenters. The molecule has 1 fully saturated rings. The quantitative estimate of drug-likeness (QED) is 0.636. The lowest BCUT2D eigenvalue weighted by molar-refractivity contribution is -0.118. The smallest absolute Gasteiger partial charge is 0.251 e. The Hall–Kier alpha value is -2.21. The lowest BCUT2D eigenvalue weighted by Crippen LogP contribution is -2.49. The Balaban J connectivity index is 2.01. The Labute approximate surface area is 146 Å². The average molecular weight is 345 g/mol. The van der Waals surface area contributed by atoms with Crippen molar-refractivity contribution in [1.29, 1.82) is 0 Å². The number of benzene rings is 1. The van der Waals surface area contributed by atoms with Crippen molar-refractivity contribution < 1.29 is 9.18 Å². The van der Waals surface area contributed by atoms with Crippen LogP contribution in [0.5, 0.6) is 0 Å². The molecule has 1 aromatic rings. The lowest BCUT2D eigenvalue weighted by atomic mass is 9.94. The van der Waals surface area contributed by atoms with Gasteiger partial charge in [0, 0.05) is 18.3 Å². The van der Waals surface area contributed by atoms with Crippen molar-refractivity contribution in [2.75, 3.05) is 6.54 Å². The average Bonchev–Trinajstić information content (AvgIpc) is 3.35. The molecule has 2 N–H and O–H groups in total. The van der Waals surface area contributed by atoms with Crippen LogP contribution >= 0.6 is 12.2 Å². The van der Waals surface area contributed by atoms with Crippen LogP contribution in [0, 0.1) is 5.82 Å². The van der Waals surface area contributed by atoms with E-state index in [1.54, 1.807) is 18.2 Å². The van der Waals surface area contributed by atoms with Crippen molar-refractivity contribution in [2.45, 2.75) is 31.8 Å². The fourth-order valence-corrected chi connectivity index (χ4v) is 3.15. The Morgan fingerprint density at radius 1 is 1.46 bits per heavy atom. The van der Waals surface area contributed by atoms with Gasteiger partial charge >= 0.3 is 0 Å². The predicted octanol–water partition coefficient (Wildman–Crippen LogP) is 2.80. The molecule has 1 atom stereocenters. The molecule has 6 heteroatoms. The summed E-state index contributed by atoms with van der Waals surface area (Å²) < 4.78 is 13.2. The first-order valence-electron chi connectivity index (χ1n) is 7.97. The molecule has 126 valence electrons. The summed E-state index contributed by atoms with van der Waals surface area (Å²) in [5.74, 6) is -0.413. The summed E-state index contributed by atoms with van der Waals surface area (Å²) in [5, 5.41) is 6.78. The zero-order valence-electron chi connectivity index (χ0n) is 13.5. The van der Waals surface area contributed by atoms with Gasteiger partial charge in [-0.2, -0.15) is 0 Å². The van der Waals surface area contributed by atoms with Gasteiger partial charge in [-0.15, -0.1) is 6.58 Å². The molecule has 1 amide bonds. The third-order valence-corrected chi connectivity index (χ3v) is 4.61. The standard InChI is InChI=1S/C18H20FN3OS/c1-3-10-22-11(2)15(17(23)20-14-8-9-14)16(21-18(22)24)12-4-6-13(19)7-5-12/h3-7,14,16H,1,8-10H2,2H3,(H,20,23)(H,21,24)/t16-/m0/s1. The van der Waals surface area contributed by atoms with Crippen molar-refractivity contribution in [1.82, 2.24) is 15.5 Å². The minimum Gasteiger partial charge on any atom is -0.351 e. The monoisotopic (exact) mass is 345 g/mol. The molecule has 24 heavy (non-hydrogen) atoms. The zero-order chi connectivity index (χ0) is 17.3. The van der Waals surface area contributed by atoms with Gasteiger partial charge < -0.3 is 15.5 Å². The highest BCUT2D eigenvalue weighted by atomic mass is 32.1. The molecule has 1 aliphatic carbocycles. The molecular weight excluding hydrogens is 325 g/mol. The van der Waals surface area contributed by atoms with Crippen molar-refractivity contribution in [3.05, 3.63) is 59.6 Å². The number of carbonyl (C=O) groups excluding carboxylic acids is 1. The Morgan fingerprint density at radius 2 is 2.12 bits per heavy atom. The molecule has 0 aromatic heterocycles. The molecular formula is C18H20FN3OS. The van der Waals surface area contributed by atoms with Crippen LogP contribution in [0.3, 0.4) is 0 Å². The molecule has 1 heterocycles. The molecule has 0 saturated heterocycles. The lowest BCUT2D eigenvalue weighted by Gasteiger charge is -2.37. The topological polar surface area (TPSA) is 44.4 Å². The molecule has 2 aliphatic rings. The van der Waals surface area contributed by atoms with Crippen LogP contribution in [0.25, 0.3) is 0 Å². The van der Waals surface area contributed by atoms with Crippen LogP contribution in [0.2, 0.25) is 0 Å². The summed E-state index contributed by atoms with van der Waals surface area (Å²) in [6.45, 7) is 6.15. The third kappa shape index (κ3) is 3.33. The maximum absolute atomic E-state index is 13.2. The molecule has 0 spiro atoms. The second-order valence-electron chi connectivity index (χ2n) is 6.08.